The van der Waals surface area contributed by atoms with Gasteiger partial charge in [-0.2, -0.15) is 18.3 Å². The Labute approximate surface area is 149 Å². The van der Waals surface area contributed by atoms with Gasteiger partial charge < -0.3 is 4.90 Å². The lowest BCUT2D eigenvalue weighted by Crippen LogP contribution is -2.36. The molecular formula is C17H20F3N5O. The van der Waals surface area contributed by atoms with E-state index in [0.717, 1.165) is 18.2 Å². The Morgan fingerprint density at radius 3 is 2.69 bits per heavy atom. The second-order valence-corrected chi connectivity index (χ2v) is 6.36. The van der Waals surface area contributed by atoms with Gasteiger partial charge in [-0.15, -0.1) is 0 Å². The fraction of sp³-hybridized carbons (Fsp3) is 0.471. The summed E-state index contributed by atoms with van der Waals surface area (Å²) >= 11 is 0. The summed E-state index contributed by atoms with van der Waals surface area (Å²) in [6.45, 7) is 2.91. The summed E-state index contributed by atoms with van der Waals surface area (Å²) in [6, 6.07) is 1.14. The van der Waals surface area contributed by atoms with E-state index in [9.17, 15) is 18.0 Å². The third-order valence-corrected chi connectivity index (χ3v) is 4.40. The van der Waals surface area contributed by atoms with Gasteiger partial charge >= 0.3 is 6.18 Å². The van der Waals surface area contributed by atoms with Crippen molar-refractivity contribution in [3.63, 3.8) is 0 Å². The number of aromatic nitrogens is 3. The first-order valence-corrected chi connectivity index (χ1v) is 8.35. The third kappa shape index (κ3) is 4.21. The molecule has 2 aromatic heterocycles. The van der Waals surface area contributed by atoms with Crippen LogP contribution in [-0.4, -0.2) is 56.7 Å². The van der Waals surface area contributed by atoms with E-state index in [-0.39, 0.29) is 5.56 Å². The van der Waals surface area contributed by atoms with Crippen LogP contribution in [-0.2, 0) is 19.8 Å². The van der Waals surface area contributed by atoms with Crippen molar-refractivity contribution in [3.05, 3.63) is 47.5 Å². The largest absolute Gasteiger partial charge is 0.418 e. The number of carbonyl (C=O) groups is 1. The Morgan fingerprint density at radius 1 is 1.19 bits per heavy atom. The van der Waals surface area contributed by atoms with Crippen molar-refractivity contribution in [3.8, 4) is 0 Å². The molecule has 9 heteroatoms. The SMILES string of the molecule is Cn1cc(CN2CCCN(C(=O)c3ccncc3C(F)(F)F)CC2)cn1. The minimum Gasteiger partial charge on any atom is -0.337 e. The number of hydrogen-bond acceptors (Lipinski definition) is 4. The second kappa shape index (κ2) is 7.45. The molecule has 3 rings (SSSR count). The third-order valence-electron chi connectivity index (χ3n) is 4.40. The van der Waals surface area contributed by atoms with Crippen molar-refractivity contribution < 1.29 is 18.0 Å². The van der Waals surface area contributed by atoms with E-state index in [1.54, 1.807) is 10.9 Å². The van der Waals surface area contributed by atoms with Gasteiger partial charge in [0.15, 0.2) is 0 Å². The zero-order valence-electron chi connectivity index (χ0n) is 14.4. The summed E-state index contributed by atoms with van der Waals surface area (Å²) in [5.41, 5.74) is -0.254. The molecule has 3 heterocycles. The minimum absolute atomic E-state index is 0.340. The predicted molar refractivity (Wildman–Crippen MR) is 88.2 cm³/mol. The molecule has 1 aliphatic heterocycles. The van der Waals surface area contributed by atoms with Crippen molar-refractivity contribution in [1.29, 1.82) is 0 Å². The van der Waals surface area contributed by atoms with Gasteiger partial charge in [0.05, 0.1) is 17.3 Å². The summed E-state index contributed by atoms with van der Waals surface area (Å²) in [4.78, 5) is 19.8. The summed E-state index contributed by atoms with van der Waals surface area (Å²) in [5, 5.41) is 4.13. The molecule has 0 saturated carbocycles. The van der Waals surface area contributed by atoms with Crippen molar-refractivity contribution in [1.82, 2.24) is 24.6 Å². The first-order valence-electron chi connectivity index (χ1n) is 8.35. The molecule has 0 radical (unpaired) electrons. The van der Waals surface area contributed by atoms with Gasteiger partial charge in [0.25, 0.3) is 5.91 Å². The zero-order chi connectivity index (χ0) is 18.7. The molecule has 0 spiro atoms. The smallest absolute Gasteiger partial charge is 0.337 e. The van der Waals surface area contributed by atoms with Crippen molar-refractivity contribution in [2.75, 3.05) is 26.2 Å². The number of halogens is 3. The monoisotopic (exact) mass is 367 g/mol. The molecule has 26 heavy (non-hydrogen) atoms. The Kier molecular flexibility index (Phi) is 5.26. The number of alkyl halides is 3. The molecule has 6 nitrogen and oxygen atoms in total. The van der Waals surface area contributed by atoms with Gasteiger partial charge in [-0.25, -0.2) is 0 Å². The molecule has 1 amide bonds. The minimum atomic E-state index is -4.60. The van der Waals surface area contributed by atoms with Crippen LogP contribution < -0.4 is 0 Å². The van der Waals surface area contributed by atoms with Crippen molar-refractivity contribution in [2.45, 2.75) is 19.1 Å². The highest BCUT2D eigenvalue weighted by atomic mass is 19.4. The maximum atomic E-state index is 13.1. The maximum Gasteiger partial charge on any atom is 0.418 e. The summed E-state index contributed by atoms with van der Waals surface area (Å²) in [6.07, 6.45) is 1.76. The summed E-state index contributed by atoms with van der Waals surface area (Å²) < 4.78 is 41.1. The molecule has 0 aromatic carbocycles. The highest BCUT2D eigenvalue weighted by Crippen LogP contribution is 2.32. The summed E-state index contributed by atoms with van der Waals surface area (Å²) in [5.74, 6) is -0.594. The Morgan fingerprint density at radius 2 is 2.00 bits per heavy atom. The van der Waals surface area contributed by atoms with Gasteiger partial charge in [0.2, 0.25) is 0 Å². The van der Waals surface area contributed by atoms with E-state index in [2.05, 4.69) is 15.0 Å². The van der Waals surface area contributed by atoms with Gasteiger partial charge in [-0.1, -0.05) is 0 Å². The van der Waals surface area contributed by atoms with Crippen LogP contribution in [0.3, 0.4) is 0 Å². The molecule has 1 fully saturated rings. The fourth-order valence-electron chi connectivity index (χ4n) is 3.12. The van der Waals surface area contributed by atoms with Crippen LogP contribution in [0.25, 0.3) is 0 Å². The van der Waals surface area contributed by atoms with Crippen LogP contribution in [0.2, 0.25) is 0 Å². The first kappa shape index (κ1) is 18.4. The van der Waals surface area contributed by atoms with Crippen LogP contribution in [0.15, 0.2) is 30.9 Å². The number of carbonyl (C=O) groups excluding carboxylic acids is 1. The number of rotatable bonds is 3. The molecule has 1 saturated heterocycles. The molecule has 0 bridgehead atoms. The van der Waals surface area contributed by atoms with E-state index in [1.165, 1.54) is 11.1 Å². The van der Waals surface area contributed by atoms with Crippen LogP contribution in [0, 0.1) is 0 Å². The van der Waals surface area contributed by atoms with Gasteiger partial charge in [-0.3, -0.25) is 19.4 Å². The van der Waals surface area contributed by atoms with Gasteiger partial charge in [-0.05, 0) is 12.5 Å². The Bertz CT molecular complexity index is 774. The lowest BCUT2D eigenvalue weighted by molar-refractivity contribution is -0.138. The van der Waals surface area contributed by atoms with E-state index in [1.807, 2.05) is 13.2 Å². The van der Waals surface area contributed by atoms with Crippen LogP contribution in [0.1, 0.15) is 27.9 Å². The predicted octanol–water partition coefficient (Wildman–Crippen LogP) is 2.18. The van der Waals surface area contributed by atoms with E-state index >= 15 is 0 Å². The van der Waals surface area contributed by atoms with Gasteiger partial charge in [0, 0.05) is 63.9 Å². The Hall–Kier alpha value is -2.42. The number of nitrogens with zero attached hydrogens (tertiary/aromatic N) is 5. The topological polar surface area (TPSA) is 54.3 Å². The lowest BCUT2D eigenvalue weighted by Gasteiger charge is -2.23. The van der Waals surface area contributed by atoms with Crippen molar-refractivity contribution >= 4 is 5.91 Å². The molecule has 140 valence electrons. The highest BCUT2D eigenvalue weighted by Gasteiger charge is 2.36. The molecule has 0 aliphatic carbocycles. The maximum absolute atomic E-state index is 13.1. The van der Waals surface area contributed by atoms with E-state index in [4.69, 9.17) is 0 Å². The fourth-order valence-corrected chi connectivity index (χ4v) is 3.12. The normalized spacial score (nSPS) is 16.5. The molecule has 0 unspecified atom stereocenters. The van der Waals surface area contributed by atoms with Crippen LogP contribution in [0.4, 0.5) is 13.2 Å². The van der Waals surface area contributed by atoms with E-state index in [0.29, 0.717) is 38.8 Å². The Balaban J connectivity index is 1.68. The number of hydrogen-bond donors (Lipinski definition) is 0. The quantitative estimate of drug-likeness (QED) is 0.835. The van der Waals surface area contributed by atoms with Gasteiger partial charge in [0.1, 0.15) is 0 Å². The van der Waals surface area contributed by atoms with Crippen LogP contribution >= 0.6 is 0 Å². The summed E-state index contributed by atoms with van der Waals surface area (Å²) in [7, 11) is 1.85. The average molecular weight is 367 g/mol. The molecule has 2 aromatic rings. The van der Waals surface area contributed by atoms with Crippen molar-refractivity contribution in [2.24, 2.45) is 7.05 Å². The number of pyridine rings is 1. The van der Waals surface area contributed by atoms with E-state index < -0.39 is 17.6 Å². The number of amides is 1. The highest BCUT2D eigenvalue weighted by molar-refractivity contribution is 5.95. The molecule has 0 atom stereocenters. The average Bonchev–Trinajstić information content (AvgIpc) is 2.87. The molecule has 1 aliphatic rings. The standard InChI is InChI=1S/C17H20F3N5O/c1-23-11-13(9-22-23)12-24-5-2-6-25(8-7-24)16(26)14-3-4-21-10-15(14)17(18,19)20/h3-4,9-11H,2,5-8,12H2,1H3. The molecule has 0 N–H and O–H groups in total. The van der Waals surface area contributed by atoms with Crippen LogP contribution in [0.5, 0.6) is 0 Å². The number of aryl methyl sites for hydroxylation is 1. The first-order chi connectivity index (χ1) is 12.3. The molecular weight excluding hydrogens is 347 g/mol. The lowest BCUT2D eigenvalue weighted by atomic mass is 10.1. The zero-order valence-corrected chi connectivity index (χ0v) is 14.4. The second-order valence-electron chi connectivity index (χ2n) is 6.36.